The predicted octanol–water partition coefficient (Wildman–Crippen LogP) is 1.38. The Morgan fingerprint density at radius 1 is 1.56 bits per heavy atom. The van der Waals surface area contributed by atoms with Gasteiger partial charge in [-0.25, -0.2) is 4.39 Å². The molecule has 0 saturated carbocycles. The first kappa shape index (κ1) is 9.18. The molecule has 0 spiro atoms. The Bertz CT molecular complexity index is 69.5. The molecule has 0 amide bonds. The molecule has 0 aromatic rings. The van der Waals surface area contributed by atoms with Gasteiger partial charge in [0.25, 0.3) is 0 Å². The maximum atomic E-state index is 12.5. The van der Waals surface area contributed by atoms with Gasteiger partial charge in [0.15, 0.2) is 0 Å². The van der Waals surface area contributed by atoms with Crippen LogP contribution in [0, 0.1) is 5.92 Å². The van der Waals surface area contributed by atoms with Crippen LogP contribution in [0.4, 0.5) is 4.39 Å². The molecule has 9 heavy (non-hydrogen) atoms. The van der Waals surface area contributed by atoms with E-state index < -0.39 is 6.17 Å². The Labute approximate surface area is 61.4 Å². The summed E-state index contributed by atoms with van der Waals surface area (Å²) in [4.78, 5) is 0. The van der Waals surface area contributed by atoms with E-state index in [2.05, 4.69) is 5.32 Å². The number of alkyl halides is 1. The summed E-state index contributed by atoms with van der Waals surface area (Å²) in [7, 11) is 0. The predicted molar refractivity (Wildman–Crippen MR) is 38.8 cm³/mol. The lowest BCUT2D eigenvalue weighted by atomic mass is 10.0. The average Bonchev–Trinajstić information content (AvgIpc) is 1.77. The molecule has 56 valence electrons. The zero-order valence-electron chi connectivity index (χ0n) is 5.56. The van der Waals surface area contributed by atoms with Gasteiger partial charge < -0.3 is 5.32 Å². The van der Waals surface area contributed by atoms with Gasteiger partial charge in [-0.05, 0) is 18.9 Å². The van der Waals surface area contributed by atoms with Gasteiger partial charge in [-0.3, -0.25) is 0 Å². The summed E-state index contributed by atoms with van der Waals surface area (Å²) >= 11 is 0. The van der Waals surface area contributed by atoms with Gasteiger partial charge in [0.05, 0.1) is 0 Å². The Kier molecular flexibility index (Phi) is 4.15. The standard InChI is InChI=1S/C6H12FN.ClH/c1-5-4-8-3-2-6(5)7;/h5-6,8H,2-4H2,1H3;1H/t5-,6+;/m1./s1. The maximum Gasteiger partial charge on any atom is 0.105 e. The van der Waals surface area contributed by atoms with Crippen LogP contribution in [0.1, 0.15) is 13.3 Å². The number of halogens is 2. The molecule has 0 unspecified atom stereocenters. The van der Waals surface area contributed by atoms with Gasteiger partial charge in [-0.15, -0.1) is 12.4 Å². The van der Waals surface area contributed by atoms with E-state index in [4.69, 9.17) is 0 Å². The number of piperidine rings is 1. The second-order valence-corrected chi connectivity index (χ2v) is 2.49. The van der Waals surface area contributed by atoms with Gasteiger partial charge in [0.2, 0.25) is 0 Å². The molecule has 1 N–H and O–H groups in total. The molecular formula is C6H13ClFN. The van der Waals surface area contributed by atoms with Gasteiger partial charge in [-0.1, -0.05) is 6.92 Å². The fraction of sp³-hybridized carbons (Fsp3) is 1.00. The van der Waals surface area contributed by atoms with Crippen molar-refractivity contribution < 1.29 is 4.39 Å². The Balaban J connectivity index is 0.000000640. The van der Waals surface area contributed by atoms with E-state index in [1.165, 1.54) is 0 Å². The largest absolute Gasteiger partial charge is 0.316 e. The van der Waals surface area contributed by atoms with Crippen molar-refractivity contribution in [2.45, 2.75) is 19.5 Å². The van der Waals surface area contributed by atoms with Crippen LogP contribution in [-0.4, -0.2) is 19.3 Å². The van der Waals surface area contributed by atoms with Crippen LogP contribution >= 0.6 is 12.4 Å². The summed E-state index contributed by atoms with van der Waals surface area (Å²) in [5, 5.41) is 3.12. The second kappa shape index (κ2) is 4.07. The van der Waals surface area contributed by atoms with E-state index in [-0.39, 0.29) is 18.3 Å². The molecule has 1 rings (SSSR count). The number of hydrogen-bond acceptors (Lipinski definition) is 1. The fourth-order valence-electron chi connectivity index (χ4n) is 0.982. The Morgan fingerprint density at radius 2 is 2.22 bits per heavy atom. The normalized spacial score (nSPS) is 35.3. The van der Waals surface area contributed by atoms with Crippen LogP contribution < -0.4 is 5.32 Å². The van der Waals surface area contributed by atoms with Crippen LogP contribution in [0.2, 0.25) is 0 Å². The average molecular weight is 154 g/mol. The minimum absolute atomic E-state index is 0. The number of hydrogen-bond donors (Lipinski definition) is 1. The van der Waals surface area contributed by atoms with E-state index in [1.54, 1.807) is 0 Å². The summed E-state index contributed by atoms with van der Waals surface area (Å²) in [5.41, 5.74) is 0. The van der Waals surface area contributed by atoms with Crippen LogP contribution in [-0.2, 0) is 0 Å². The van der Waals surface area contributed by atoms with Crippen molar-refractivity contribution in [2.75, 3.05) is 13.1 Å². The molecule has 1 fully saturated rings. The third-order valence-electron chi connectivity index (χ3n) is 1.68. The summed E-state index contributed by atoms with van der Waals surface area (Å²) in [5.74, 6) is 0.226. The topological polar surface area (TPSA) is 12.0 Å². The third kappa shape index (κ3) is 2.50. The Morgan fingerprint density at radius 3 is 2.56 bits per heavy atom. The van der Waals surface area contributed by atoms with Crippen LogP contribution in [0.25, 0.3) is 0 Å². The van der Waals surface area contributed by atoms with Crippen LogP contribution in [0.5, 0.6) is 0 Å². The monoisotopic (exact) mass is 153 g/mol. The summed E-state index contributed by atoms with van der Waals surface area (Å²) < 4.78 is 12.5. The lowest BCUT2D eigenvalue weighted by Gasteiger charge is -2.22. The zero-order chi connectivity index (χ0) is 5.98. The first-order valence-corrected chi connectivity index (χ1v) is 3.15. The maximum absolute atomic E-state index is 12.5. The smallest absolute Gasteiger partial charge is 0.105 e. The molecule has 1 aliphatic heterocycles. The van der Waals surface area contributed by atoms with Crippen molar-refractivity contribution in [3.8, 4) is 0 Å². The van der Waals surface area contributed by atoms with Crippen molar-refractivity contribution in [2.24, 2.45) is 5.92 Å². The first-order chi connectivity index (χ1) is 3.80. The minimum Gasteiger partial charge on any atom is -0.316 e. The quantitative estimate of drug-likeness (QED) is 0.555. The highest BCUT2D eigenvalue weighted by Gasteiger charge is 2.18. The molecule has 0 aromatic heterocycles. The van der Waals surface area contributed by atoms with E-state index >= 15 is 0 Å². The van der Waals surface area contributed by atoms with Crippen molar-refractivity contribution in [1.82, 2.24) is 5.32 Å². The minimum atomic E-state index is -0.559. The lowest BCUT2D eigenvalue weighted by Crippen LogP contribution is -2.35. The molecule has 2 atom stereocenters. The molecule has 1 saturated heterocycles. The third-order valence-corrected chi connectivity index (χ3v) is 1.68. The molecule has 3 heteroatoms. The summed E-state index contributed by atoms with van der Waals surface area (Å²) in [6.07, 6.45) is 0.137. The molecule has 0 aliphatic carbocycles. The van der Waals surface area contributed by atoms with E-state index in [1.807, 2.05) is 6.92 Å². The molecule has 0 aromatic carbocycles. The van der Waals surface area contributed by atoms with Gasteiger partial charge in [0, 0.05) is 6.54 Å². The van der Waals surface area contributed by atoms with Crippen molar-refractivity contribution in [1.29, 1.82) is 0 Å². The SMILES string of the molecule is C[C@@H]1CNCC[C@@H]1F.Cl. The lowest BCUT2D eigenvalue weighted by molar-refractivity contribution is 0.192. The van der Waals surface area contributed by atoms with Crippen LogP contribution in [0.3, 0.4) is 0 Å². The van der Waals surface area contributed by atoms with E-state index in [9.17, 15) is 4.39 Å². The van der Waals surface area contributed by atoms with Crippen LogP contribution in [0.15, 0.2) is 0 Å². The highest BCUT2D eigenvalue weighted by Crippen LogP contribution is 2.12. The molecule has 1 heterocycles. The van der Waals surface area contributed by atoms with Gasteiger partial charge >= 0.3 is 0 Å². The summed E-state index contributed by atoms with van der Waals surface area (Å²) in [6.45, 7) is 3.64. The Hall–Kier alpha value is 0.180. The molecule has 1 aliphatic rings. The highest BCUT2D eigenvalue weighted by atomic mass is 35.5. The molecule has 0 radical (unpaired) electrons. The fourth-order valence-corrected chi connectivity index (χ4v) is 0.982. The second-order valence-electron chi connectivity index (χ2n) is 2.49. The summed E-state index contributed by atoms with van der Waals surface area (Å²) in [6, 6.07) is 0. The van der Waals surface area contributed by atoms with Crippen molar-refractivity contribution in [3.63, 3.8) is 0 Å². The van der Waals surface area contributed by atoms with E-state index in [0.717, 1.165) is 13.1 Å². The van der Waals surface area contributed by atoms with E-state index in [0.29, 0.717) is 6.42 Å². The molecule has 1 nitrogen and oxygen atoms in total. The van der Waals surface area contributed by atoms with Gasteiger partial charge in [-0.2, -0.15) is 0 Å². The number of nitrogens with one attached hydrogen (secondary N) is 1. The van der Waals surface area contributed by atoms with Gasteiger partial charge in [0.1, 0.15) is 6.17 Å². The molecule has 0 bridgehead atoms. The highest BCUT2D eigenvalue weighted by molar-refractivity contribution is 5.85. The van der Waals surface area contributed by atoms with Crippen molar-refractivity contribution >= 4 is 12.4 Å². The number of rotatable bonds is 0. The molecular weight excluding hydrogens is 141 g/mol. The first-order valence-electron chi connectivity index (χ1n) is 3.15. The zero-order valence-corrected chi connectivity index (χ0v) is 6.38. The van der Waals surface area contributed by atoms with Crippen molar-refractivity contribution in [3.05, 3.63) is 0 Å².